The van der Waals surface area contributed by atoms with Crippen molar-refractivity contribution < 1.29 is 4.74 Å². The van der Waals surface area contributed by atoms with Crippen LogP contribution >= 0.6 is 35.6 Å². The lowest BCUT2D eigenvalue weighted by Gasteiger charge is -2.09. The predicted molar refractivity (Wildman–Crippen MR) is 125 cm³/mol. The third-order valence-corrected chi connectivity index (χ3v) is 4.42. The van der Waals surface area contributed by atoms with Gasteiger partial charge < -0.3 is 20.4 Å². The van der Waals surface area contributed by atoms with Gasteiger partial charge in [0.05, 0.1) is 18.7 Å². The zero-order valence-corrected chi connectivity index (χ0v) is 18.8. The molecule has 0 saturated heterocycles. The molecule has 0 bridgehead atoms. The van der Waals surface area contributed by atoms with Gasteiger partial charge in [0.1, 0.15) is 11.6 Å². The van der Waals surface area contributed by atoms with Crippen LogP contribution in [0, 0.1) is 6.92 Å². The number of benzene rings is 2. The number of halogens is 2. The van der Waals surface area contributed by atoms with Crippen molar-refractivity contribution in [3.05, 3.63) is 76.8 Å². The summed E-state index contributed by atoms with van der Waals surface area (Å²) in [5.41, 5.74) is 9.03. The highest BCUT2D eigenvalue weighted by Crippen LogP contribution is 2.27. The summed E-state index contributed by atoms with van der Waals surface area (Å²) in [6, 6.07) is 13.6. The summed E-state index contributed by atoms with van der Waals surface area (Å²) in [5, 5.41) is 3.55. The Bertz CT molecular complexity index is 957. The lowest BCUT2D eigenvalue weighted by molar-refractivity contribution is 0.415. The molecule has 3 aromatic rings. The number of hydrogen-bond donors (Lipinski definition) is 2. The van der Waals surface area contributed by atoms with Gasteiger partial charge >= 0.3 is 0 Å². The van der Waals surface area contributed by atoms with Crippen molar-refractivity contribution in [2.24, 2.45) is 10.7 Å². The van der Waals surface area contributed by atoms with Crippen molar-refractivity contribution in [3.8, 4) is 5.75 Å². The number of anilines is 1. The van der Waals surface area contributed by atoms with Crippen LogP contribution in [0.4, 0.5) is 5.69 Å². The van der Waals surface area contributed by atoms with E-state index in [-0.39, 0.29) is 24.0 Å². The van der Waals surface area contributed by atoms with Crippen LogP contribution in [-0.4, -0.2) is 22.6 Å². The van der Waals surface area contributed by atoms with E-state index in [0.717, 1.165) is 23.6 Å². The molecular formula is C20H23ClIN5O. The number of nitrogens with one attached hydrogen (secondary N) is 1. The molecule has 3 rings (SSSR count). The smallest absolute Gasteiger partial charge is 0.193 e. The van der Waals surface area contributed by atoms with E-state index in [4.69, 9.17) is 22.1 Å². The summed E-state index contributed by atoms with van der Waals surface area (Å²) in [6.45, 7) is 3.26. The highest BCUT2D eigenvalue weighted by Gasteiger charge is 2.03. The SMILES string of the molecule is COc1ccc(NC(N)=NCc2cccc(Cn3ccnc3C)c2)cc1Cl.I. The Labute approximate surface area is 186 Å². The molecule has 3 N–H and O–H groups in total. The molecule has 0 amide bonds. The van der Waals surface area contributed by atoms with Gasteiger partial charge in [-0.1, -0.05) is 35.9 Å². The summed E-state index contributed by atoms with van der Waals surface area (Å²) < 4.78 is 7.24. The number of aliphatic imine (C=N–C) groups is 1. The first-order valence-electron chi connectivity index (χ1n) is 8.51. The minimum Gasteiger partial charge on any atom is -0.495 e. The fraction of sp³-hybridized carbons (Fsp3) is 0.200. The maximum absolute atomic E-state index is 6.12. The largest absolute Gasteiger partial charge is 0.495 e. The number of aryl methyl sites for hydroxylation is 1. The van der Waals surface area contributed by atoms with E-state index in [9.17, 15) is 0 Å². The zero-order valence-electron chi connectivity index (χ0n) is 15.7. The van der Waals surface area contributed by atoms with Crippen LogP contribution in [-0.2, 0) is 13.1 Å². The maximum Gasteiger partial charge on any atom is 0.193 e. The standard InChI is InChI=1S/C20H22ClN5O.HI/c1-14-23-8-9-26(14)13-16-5-3-4-15(10-16)12-24-20(22)25-17-6-7-19(27-2)18(21)11-17;/h3-11H,12-13H2,1-2H3,(H3,22,24,25);1H. The first-order valence-corrected chi connectivity index (χ1v) is 8.89. The Balaban J connectivity index is 0.00000280. The van der Waals surface area contributed by atoms with E-state index in [0.29, 0.717) is 23.3 Å². The Kier molecular flexibility index (Phi) is 8.13. The zero-order chi connectivity index (χ0) is 19.2. The molecule has 0 aliphatic heterocycles. The van der Waals surface area contributed by atoms with Gasteiger partial charge in [0.25, 0.3) is 0 Å². The molecule has 0 radical (unpaired) electrons. The number of hydrogen-bond acceptors (Lipinski definition) is 3. The first-order chi connectivity index (χ1) is 13.0. The van der Waals surface area contributed by atoms with Crippen molar-refractivity contribution in [3.63, 3.8) is 0 Å². The maximum atomic E-state index is 6.12. The molecule has 0 unspecified atom stereocenters. The minimum absolute atomic E-state index is 0. The molecule has 0 aliphatic carbocycles. The number of ether oxygens (including phenoxy) is 1. The molecule has 1 aromatic heterocycles. The van der Waals surface area contributed by atoms with Gasteiger partial charge in [-0.25, -0.2) is 9.98 Å². The van der Waals surface area contributed by atoms with Crippen molar-refractivity contribution in [1.82, 2.24) is 9.55 Å². The summed E-state index contributed by atoms with van der Waals surface area (Å²) >= 11 is 6.12. The molecule has 0 fully saturated rings. The third-order valence-electron chi connectivity index (χ3n) is 4.12. The van der Waals surface area contributed by atoms with Gasteiger partial charge in [-0.3, -0.25) is 0 Å². The molecule has 0 atom stereocenters. The number of nitrogens with two attached hydrogens (primary N) is 1. The van der Waals surface area contributed by atoms with E-state index < -0.39 is 0 Å². The summed E-state index contributed by atoms with van der Waals surface area (Å²) in [5.74, 6) is 1.93. The van der Waals surface area contributed by atoms with Crippen molar-refractivity contribution in [2.45, 2.75) is 20.0 Å². The van der Waals surface area contributed by atoms with Crippen LogP contribution in [0.25, 0.3) is 0 Å². The van der Waals surface area contributed by atoms with E-state index >= 15 is 0 Å². The van der Waals surface area contributed by atoms with E-state index in [1.807, 2.05) is 31.3 Å². The van der Waals surface area contributed by atoms with Crippen LogP contribution in [0.3, 0.4) is 0 Å². The van der Waals surface area contributed by atoms with Gasteiger partial charge in [0.2, 0.25) is 0 Å². The lowest BCUT2D eigenvalue weighted by Crippen LogP contribution is -2.22. The summed E-state index contributed by atoms with van der Waals surface area (Å²) in [6.07, 6.45) is 3.78. The Morgan fingerprint density at radius 2 is 2.04 bits per heavy atom. The second kappa shape index (κ2) is 10.3. The van der Waals surface area contributed by atoms with Gasteiger partial charge in [-0.05, 0) is 36.2 Å². The summed E-state index contributed by atoms with van der Waals surface area (Å²) in [7, 11) is 1.58. The predicted octanol–water partition coefficient (Wildman–Crippen LogP) is 4.45. The fourth-order valence-electron chi connectivity index (χ4n) is 2.70. The van der Waals surface area contributed by atoms with Crippen LogP contribution in [0.15, 0.2) is 59.9 Å². The summed E-state index contributed by atoms with van der Waals surface area (Å²) in [4.78, 5) is 8.66. The number of methoxy groups -OCH3 is 1. The molecule has 2 aromatic carbocycles. The van der Waals surface area contributed by atoms with Crippen LogP contribution in [0.1, 0.15) is 17.0 Å². The number of rotatable bonds is 6. The quantitative estimate of drug-likeness (QED) is 0.291. The minimum atomic E-state index is 0. The Morgan fingerprint density at radius 1 is 1.25 bits per heavy atom. The average Bonchev–Trinajstić information content (AvgIpc) is 3.05. The number of guanidine groups is 1. The molecule has 28 heavy (non-hydrogen) atoms. The molecule has 0 spiro atoms. The van der Waals surface area contributed by atoms with Gasteiger partial charge in [-0.15, -0.1) is 24.0 Å². The highest BCUT2D eigenvalue weighted by molar-refractivity contribution is 14.0. The molecule has 1 heterocycles. The molecular weight excluding hydrogens is 489 g/mol. The van der Waals surface area contributed by atoms with E-state index in [2.05, 4.69) is 32.0 Å². The average molecular weight is 512 g/mol. The molecule has 148 valence electrons. The monoisotopic (exact) mass is 511 g/mol. The lowest BCUT2D eigenvalue weighted by atomic mass is 10.1. The Morgan fingerprint density at radius 3 is 2.71 bits per heavy atom. The van der Waals surface area contributed by atoms with Gasteiger partial charge in [-0.2, -0.15) is 0 Å². The van der Waals surface area contributed by atoms with Gasteiger partial charge in [0, 0.05) is 24.6 Å². The first kappa shape index (κ1) is 22.0. The molecule has 8 heteroatoms. The molecule has 6 nitrogen and oxygen atoms in total. The van der Waals surface area contributed by atoms with Gasteiger partial charge in [0.15, 0.2) is 5.96 Å². The third kappa shape index (κ3) is 5.87. The number of imidazole rings is 1. The van der Waals surface area contributed by atoms with Crippen LogP contribution in [0.5, 0.6) is 5.75 Å². The normalized spacial score (nSPS) is 11.0. The van der Waals surface area contributed by atoms with Crippen molar-refractivity contribution in [2.75, 3.05) is 12.4 Å². The van der Waals surface area contributed by atoms with Crippen LogP contribution in [0.2, 0.25) is 5.02 Å². The number of nitrogens with zero attached hydrogens (tertiary/aromatic N) is 3. The second-order valence-corrected chi connectivity index (χ2v) is 6.51. The van der Waals surface area contributed by atoms with Crippen LogP contribution < -0.4 is 15.8 Å². The van der Waals surface area contributed by atoms with Crippen molar-refractivity contribution >= 4 is 47.2 Å². The number of aromatic nitrogens is 2. The van der Waals surface area contributed by atoms with E-state index in [1.165, 1.54) is 5.56 Å². The van der Waals surface area contributed by atoms with Crippen molar-refractivity contribution in [1.29, 1.82) is 0 Å². The van der Waals surface area contributed by atoms with E-state index in [1.54, 1.807) is 25.4 Å². The topological polar surface area (TPSA) is 77.5 Å². The molecule has 0 saturated carbocycles. The fourth-order valence-corrected chi connectivity index (χ4v) is 2.96. The highest BCUT2D eigenvalue weighted by atomic mass is 127. The molecule has 0 aliphatic rings. The Hall–Kier alpha value is -2.26. The second-order valence-electron chi connectivity index (χ2n) is 6.10.